The molecule has 16 heavy (non-hydrogen) atoms. The fraction of sp³-hybridized carbons (Fsp3) is 0.636. The number of nitrogens with zero attached hydrogens (tertiary/aromatic N) is 2. The number of hydrogen-bond acceptors (Lipinski definition) is 4. The Morgan fingerprint density at radius 2 is 2.00 bits per heavy atom. The van der Waals surface area contributed by atoms with E-state index in [1.165, 1.54) is 0 Å². The smallest absolute Gasteiger partial charge is 0.151 e. The molecule has 1 heterocycles. The highest BCUT2D eigenvalue weighted by Crippen LogP contribution is 2.25. The number of aliphatic hydroxyl groups is 1. The highest BCUT2D eigenvalue weighted by atomic mass is 35.5. The van der Waals surface area contributed by atoms with Crippen molar-refractivity contribution in [2.24, 2.45) is 5.41 Å². The van der Waals surface area contributed by atoms with Gasteiger partial charge in [0, 0.05) is 12.0 Å². The molecular weight excluding hydrogens is 226 g/mol. The first-order valence-corrected chi connectivity index (χ1v) is 5.87. The lowest BCUT2D eigenvalue weighted by Gasteiger charge is -2.29. The second-order valence-corrected chi connectivity index (χ2v) is 4.35. The van der Waals surface area contributed by atoms with E-state index in [0.29, 0.717) is 17.5 Å². The number of aromatic nitrogens is 2. The summed E-state index contributed by atoms with van der Waals surface area (Å²) in [5.74, 6) is 0.684. The van der Waals surface area contributed by atoms with Crippen molar-refractivity contribution in [3.63, 3.8) is 0 Å². The molecule has 2 N–H and O–H groups in total. The first kappa shape index (κ1) is 13.2. The third kappa shape index (κ3) is 3.32. The summed E-state index contributed by atoms with van der Waals surface area (Å²) in [6.45, 7) is 5.02. The molecule has 0 aliphatic heterocycles. The lowest BCUT2D eigenvalue weighted by Crippen LogP contribution is -2.32. The predicted molar refractivity (Wildman–Crippen MR) is 65.6 cm³/mol. The number of aliphatic hydroxyl groups excluding tert-OH is 1. The maximum atomic E-state index is 9.40. The Morgan fingerprint density at radius 1 is 1.31 bits per heavy atom. The molecule has 0 radical (unpaired) electrons. The molecule has 0 unspecified atom stereocenters. The van der Waals surface area contributed by atoms with Gasteiger partial charge in [0.1, 0.15) is 5.82 Å². The summed E-state index contributed by atoms with van der Waals surface area (Å²) in [6, 6.07) is 3.47. The van der Waals surface area contributed by atoms with Gasteiger partial charge in [-0.05, 0) is 25.0 Å². The molecule has 0 saturated carbocycles. The largest absolute Gasteiger partial charge is 0.396 e. The topological polar surface area (TPSA) is 58.0 Å². The van der Waals surface area contributed by atoms with Crippen LogP contribution >= 0.6 is 11.6 Å². The lowest BCUT2D eigenvalue weighted by atomic mass is 9.83. The minimum absolute atomic E-state index is 0.0820. The molecule has 90 valence electrons. The van der Waals surface area contributed by atoms with Gasteiger partial charge in [-0.3, -0.25) is 0 Å². The maximum Gasteiger partial charge on any atom is 0.151 e. The Balaban J connectivity index is 2.58. The van der Waals surface area contributed by atoms with Crippen LogP contribution in [0, 0.1) is 5.41 Å². The molecular formula is C11H18ClN3O. The van der Waals surface area contributed by atoms with Crippen LogP contribution in [0.1, 0.15) is 26.7 Å². The Bertz CT molecular complexity index is 303. The summed E-state index contributed by atoms with van der Waals surface area (Å²) in [4.78, 5) is 0. The van der Waals surface area contributed by atoms with Gasteiger partial charge < -0.3 is 10.4 Å². The van der Waals surface area contributed by atoms with Crippen molar-refractivity contribution in [2.75, 3.05) is 18.5 Å². The van der Waals surface area contributed by atoms with Crippen LogP contribution in [0.4, 0.5) is 5.82 Å². The number of nitrogens with one attached hydrogen (secondary N) is 1. The molecule has 0 amide bonds. The molecule has 0 bridgehead atoms. The summed E-state index contributed by atoms with van der Waals surface area (Å²) in [5.41, 5.74) is -0.0820. The molecule has 0 fully saturated rings. The highest BCUT2D eigenvalue weighted by Gasteiger charge is 2.24. The quantitative estimate of drug-likeness (QED) is 0.805. The third-order valence-corrected chi connectivity index (χ3v) is 3.31. The zero-order chi connectivity index (χ0) is 12.0. The van der Waals surface area contributed by atoms with E-state index in [4.69, 9.17) is 11.6 Å². The molecule has 1 rings (SSSR count). The van der Waals surface area contributed by atoms with Crippen LogP contribution in [-0.4, -0.2) is 28.5 Å². The zero-order valence-corrected chi connectivity index (χ0v) is 10.5. The number of hydrogen-bond donors (Lipinski definition) is 2. The van der Waals surface area contributed by atoms with Crippen LogP contribution in [0.2, 0.25) is 5.15 Å². The second kappa shape index (κ2) is 6.01. The van der Waals surface area contributed by atoms with Gasteiger partial charge in [-0.1, -0.05) is 25.4 Å². The normalized spacial score (nSPS) is 11.5. The van der Waals surface area contributed by atoms with E-state index in [1.807, 2.05) is 0 Å². The van der Waals surface area contributed by atoms with Crippen LogP contribution in [0.5, 0.6) is 0 Å². The molecule has 5 heteroatoms. The first-order valence-electron chi connectivity index (χ1n) is 5.50. The summed E-state index contributed by atoms with van der Waals surface area (Å²) in [6.07, 6.45) is 1.85. The molecule has 0 aromatic carbocycles. The summed E-state index contributed by atoms with van der Waals surface area (Å²) < 4.78 is 0. The van der Waals surface area contributed by atoms with Crippen molar-refractivity contribution in [1.82, 2.24) is 10.2 Å². The first-order chi connectivity index (χ1) is 7.65. The van der Waals surface area contributed by atoms with E-state index < -0.39 is 0 Å². The average Bonchev–Trinajstić information content (AvgIpc) is 2.34. The minimum atomic E-state index is -0.0820. The van der Waals surface area contributed by atoms with Crippen LogP contribution in [0.3, 0.4) is 0 Å². The van der Waals surface area contributed by atoms with Gasteiger partial charge in [0.25, 0.3) is 0 Å². The van der Waals surface area contributed by atoms with Gasteiger partial charge in [0.05, 0.1) is 6.61 Å². The van der Waals surface area contributed by atoms with Crippen molar-refractivity contribution in [3.05, 3.63) is 17.3 Å². The molecule has 0 saturated heterocycles. The SMILES string of the molecule is CCC(CC)(CO)CNc1ccc(Cl)nn1. The highest BCUT2D eigenvalue weighted by molar-refractivity contribution is 6.29. The molecule has 0 aliphatic carbocycles. The Kier molecular flexibility index (Phi) is 4.96. The number of halogens is 1. The minimum Gasteiger partial charge on any atom is -0.396 e. The maximum absolute atomic E-state index is 9.40. The molecule has 1 aromatic rings. The van der Waals surface area contributed by atoms with Gasteiger partial charge in [-0.25, -0.2) is 0 Å². The van der Waals surface area contributed by atoms with Crippen molar-refractivity contribution >= 4 is 17.4 Å². The monoisotopic (exact) mass is 243 g/mol. The average molecular weight is 244 g/mol. The van der Waals surface area contributed by atoms with Crippen LogP contribution < -0.4 is 5.32 Å². The van der Waals surface area contributed by atoms with Crippen molar-refractivity contribution in [3.8, 4) is 0 Å². The van der Waals surface area contributed by atoms with Crippen molar-refractivity contribution in [2.45, 2.75) is 26.7 Å². The summed E-state index contributed by atoms with van der Waals surface area (Å²) in [7, 11) is 0. The van der Waals surface area contributed by atoms with Crippen LogP contribution in [0.15, 0.2) is 12.1 Å². The van der Waals surface area contributed by atoms with E-state index in [0.717, 1.165) is 12.8 Å². The van der Waals surface area contributed by atoms with Gasteiger partial charge >= 0.3 is 0 Å². The van der Waals surface area contributed by atoms with E-state index in [2.05, 4.69) is 29.4 Å². The predicted octanol–water partition coefficient (Wildman–Crippen LogP) is 2.34. The Morgan fingerprint density at radius 3 is 2.44 bits per heavy atom. The van der Waals surface area contributed by atoms with Crippen LogP contribution in [0.25, 0.3) is 0 Å². The van der Waals surface area contributed by atoms with Crippen LogP contribution in [-0.2, 0) is 0 Å². The van der Waals surface area contributed by atoms with Gasteiger partial charge in [0.15, 0.2) is 5.15 Å². The summed E-state index contributed by atoms with van der Waals surface area (Å²) in [5, 5.41) is 20.6. The molecule has 0 atom stereocenters. The fourth-order valence-electron chi connectivity index (χ4n) is 1.47. The molecule has 0 aliphatic rings. The molecule has 1 aromatic heterocycles. The van der Waals surface area contributed by atoms with Crippen molar-refractivity contribution in [1.29, 1.82) is 0 Å². The van der Waals surface area contributed by atoms with E-state index >= 15 is 0 Å². The van der Waals surface area contributed by atoms with E-state index in [-0.39, 0.29) is 12.0 Å². The third-order valence-electron chi connectivity index (χ3n) is 3.11. The van der Waals surface area contributed by atoms with Crippen molar-refractivity contribution < 1.29 is 5.11 Å². The van der Waals surface area contributed by atoms with E-state index in [9.17, 15) is 5.11 Å². The van der Waals surface area contributed by atoms with Gasteiger partial charge in [0.2, 0.25) is 0 Å². The van der Waals surface area contributed by atoms with E-state index in [1.54, 1.807) is 12.1 Å². The fourth-order valence-corrected chi connectivity index (χ4v) is 1.57. The lowest BCUT2D eigenvalue weighted by molar-refractivity contribution is 0.127. The number of rotatable bonds is 6. The van der Waals surface area contributed by atoms with Gasteiger partial charge in [-0.15, -0.1) is 10.2 Å². The summed E-state index contributed by atoms with van der Waals surface area (Å²) >= 11 is 5.64. The second-order valence-electron chi connectivity index (χ2n) is 3.96. The standard InChI is InChI=1S/C11H18ClN3O/c1-3-11(4-2,8-16)7-13-10-6-5-9(12)14-15-10/h5-6,16H,3-4,7-8H2,1-2H3,(H,13,15). The Hall–Kier alpha value is -0.870. The zero-order valence-electron chi connectivity index (χ0n) is 9.70. The van der Waals surface area contributed by atoms with Gasteiger partial charge in [-0.2, -0.15) is 0 Å². The Labute approximate surface area is 101 Å². The number of anilines is 1. The molecule has 4 nitrogen and oxygen atoms in total. The molecule has 0 spiro atoms.